The minimum atomic E-state index is -0.247. The summed E-state index contributed by atoms with van der Waals surface area (Å²) in [6.07, 6.45) is 0.992. The Morgan fingerprint density at radius 1 is 1.09 bits per heavy atom. The van der Waals surface area contributed by atoms with Gasteiger partial charge in [-0.1, -0.05) is 54.1 Å². The van der Waals surface area contributed by atoms with Crippen molar-refractivity contribution < 1.29 is 4.79 Å². The number of azo groups is 1. The molecule has 3 N–H and O–H groups in total. The molecule has 3 aromatic rings. The van der Waals surface area contributed by atoms with Crippen LogP contribution in [0, 0.1) is 6.92 Å². The number of benzene rings is 2. The molecule has 2 aromatic carbocycles. The van der Waals surface area contributed by atoms with Gasteiger partial charge in [0.15, 0.2) is 5.82 Å². The van der Waals surface area contributed by atoms with Crippen LogP contribution in [0.3, 0.4) is 0 Å². The molecule has 0 aliphatic carbocycles. The van der Waals surface area contributed by atoms with Crippen LogP contribution in [-0.2, 0) is 11.2 Å². The maximum absolute atomic E-state index is 11.9. The number of aryl methyl sites for hydroxylation is 2. The minimum absolute atomic E-state index is 0.247. The number of rotatable bonds is 4. The molecule has 0 unspecified atom stereocenters. The van der Waals surface area contributed by atoms with E-state index in [9.17, 15) is 4.79 Å². The molecule has 0 radical (unpaired) electrons. The molecule has 0 spiro atoms. The van der Waals surface area contributed by atoms with E-state index in [1.54, 1.807) is 0 Å². The summed E-state index contributed by atoms with van der Waals surface area (Å²) in [6.45, 7) is 2.04. The molecule has 5 heteroatoms. The number of anilines is 1. The molecular weight excluding hydrogens is 288 g/mol. The van der Waals surface area contributed by atoms with E-state index < -0.39 is 0 Å². The summed E-state index contributed by atoms with van der Waals surface area (Å²) in [5.41, 5.74) is 8.21. The maximum Gasteiger partial charge on any atom is 0.265 e. The molecule has 0 aliphatic rings. The number of hydrogen-bond donors (Lipinski definition) is 2. The highest BCUT2D eigenvalue weighted by Gasteiger charge is 2.07. The molecule has 1 amide bonds. The van der Waals surface area contributed by atoms with Crippen molar-refractivity contribution >= 4 is 28.3 Å². The first-order chi connectivity index (χ1) is 11.1. The fourth-order valence-corrected chi connectivity index (χ4v) is 2.43. The monoisotopic (exact) mass is 306 g/mol. The number of H-pyrrole nitrogens is 1. The van der Waals surface area contributed by atoms with Gasteiger partial charge < -0.3 is 10.7 Å². The second-order valence-electron chi connectivity index (χ2n) is 5.51. The fourth-order valence-electron chi connectivity index (χ4n) is 2.43. The van der Waals surface area contributed by atoms with Gasteiger partial charge in [0, 0.05) is 17.2 Å². The Kier molecular flexibility index (Phi) is 4.19. The number of aromatic amines is 1. The highest BCUT2D eigenvalue weighted by Crippen LogP contribution is 2.30. The second-order valence-corrected chi connectivity index (χ2v) is 5.51. The normalized spacial score (nSPS) is 11.3. The van der Waals surface area contributed by atoms with Crippen LogP contribution in [0.15, 0.2) is 58.8 Å². The van der Waals surface area contributed by atoms with Gasteiger partial charge in [0.1, 0.15) is 5.82 Å². The first kappa shape index (κ1) is 15.0. The van der Waals surface area contributed by atoms with Crippen molar-refractivity contribution in [3.05, 3.63) is 59.7 Å². The molecule has 23 heavy (non-hydrogen) atoms. The first-order valence-corrected chi connectivity index (χ1v) is 7.50. The van der Waals surface area contributed by atoms with Crippen molar-refractivity contribution in [1.29, 1.82) is 0 Å². The van der Waals surface area contributed by atoms with Gasteiger partial charge in [-0.3, -0.25) is 4.79 Å². The fraction of sp³-hybridized carbons (Fsp3) is 0.167. The zero-order valence-corrected chi connectivity index (χ0v) is 12.9. The van der Waals surface area contributed by atoms with Gasteiger partial charge in [-0.2, -0.15) is 0 Å². The van der Waals surface area contributed by atoms with E-state index in [-0.39, 0.29) is 5.91 Å². The molecule has 1 heterocycles. The molecule has 0 aliphatic heterocycles. The van der Waals surface area contributed by atoms with E-state index in [0.717, 1.165) is 16.3 Å². The van der Waals surface area contributed by atoms with Crippen LogP contribution in [0.1, 0.15) is 17.5 Å². The SMILES string of the molecule is Cc1ccc(CCC(=O)N=Nc2[nH]c(N)c3ccccc23)cc1. The lowest BCUT2D eigenvalue weighted by Crippen LogP contribution is -1.95. The molecule has 0 saturated heterocycles. The van der Waals surface area contributed by atoms with E-state index in [1.165, 1.54) is 5.56 Å². The van der Waals surface area contributed by atoms with Gasteiger partial charge in [0.25, 0.3) is 5.91 Å². The summed E-state index contributed by atoms with van der Waals surface area (Å²) in [5, 5.41) is 9.56. The van der Waals surface area contributed by atoms with Gasteiger partial charge in [0.05, 0.1) is 0 Å². The van der Waals surface area contributed by atoms with Gasteiger partial charge >= 0.3 is 0 Å². The number of fused-ring (bicyclic) bond motifs is 1. The number of hydrogen-bond acceptors (Lipinski definition) is 3. The van der Waals surface area contributed by atoms with Gasteiger partial charge in [-0.15, -0.1) is 10.2 Å². The summed E-state index contributed by atoms with van der Waals surface area (Å²) in [7, 11) is 0. The second kappa shape index (κ2) is 6.44. The van der Waals surface area contributed by atoms with Crippen molar-refractivity contribution in [1.82, 2.24) is 4.98 Å². The van der Waals surface area contributed by atoms with Crippen molar-refractivity contribution in [2.24, 2.45) is 10.2 Å². The van der Waals surface area contributed by atoms with Crippen molar-refractivity contribution in [2.45, 2.75) is 19.8 Å². The summed E-state index contributed by atoms with van der Waals surface area (Å²) in [5.74, 6) is 0.797. The van der Waals surface area contributed by atoms with E-state index in [4.69, 9.17) is 5.73 Å². The predicted octanol–water partition coefficient (Wildman–Crippen LogP) is 4.30. The molecule has 0 fully saturated rings. The van der Waals surface area contributed by atoms with Crippen LogP contribution in [-0.4, -0.2) is 10.9 Å². The molecule has 0 atom stereocenters. The molecule has 116 valence electrons. The molecule has 1 aromatic heterocycles. The van der Waals surface area contributed by atoms with Crippen molar-refractivity contribution in [3.8, 4) is 0 Å². The Morgan fingerprint density at radius 2 is 1.78 bits per heavy atom. The third kappa shape index (κ3) is 3.45. The number of aromatic nitrogens is 1. The van der Waals surface area contributed by atoms with Crippen molar-refractivity contribution in [3.63, 3.8) is 0 Å². The van der Waals surface area contributed by atoms with Crippen LogP contribution in [0.25, 0.3) is 10.8 Å². The highest BCUT2D eigenvalue weighted by molar-refractivity contribution is 5.99. The number of nitrogen functional groups attached to an aromatic ring is 1. The summed E-state index contributed by atoms with van der Waals surface area (Å²) >= 11 is 0. The number of carbonyl (C=O) groups excluding carboxylic acids is 1. The Morgan fingerprint density at radius 3 is 2.52 bits per heavy atom. The summed E-state index contributed by atoms with van der Waals surface area (Å²) in [6, 6.07) is 15.7. The quantitative estimate of drug-likeness (QED) is 0.704. The lowest BCUT2D eigenvalue weighted by molar-refractivity contribution is -0.118. The maximum atomic E-state index is 11.9. The van der Waals surface area contributed by atoms with E-state index in [0.29, 0.717) is 24.5 Å². The smallest absolute Gasteiger partial charge is 0.265 e. The van der Waals surface area contributed by atoms with Gasteiger partial charge in [-0.05, 0) is 18.9 Å². The Labute approximate surface area is 134 Å². The van der Waals surface area contributed by atoms with E-state index >= 15 is 0 Å². The molecule has 3 rings (SSSR count). The van der Waals surface area contributed by atoms with Crippen LogP contribution >= 0.6 is 0 Å². The van der Waals surface area contributed by atoms with Crippen LogP contribution < -0.4 is 5.73 Å². The zero-order valence-electron chi connectivity index (χ0n) is 12.9. The average Bonchev–Trinajstić information content (AvgIpc) is 2.89. The lowest BCUT2D eigenvalue weighted by atomic mass is 10.1. The van der Waals surface area contributed by atoms with Crippen LogP contribution in [0.2, 0.25) is 0 Å². The van der Waals surface area contributed by atoms with E-state index in [1.807, 2.05) is 55.5 Å². The standard InChI is InChI=1S/C18H18N4O/c1-12-6-8-13(9-7-12)10-11-16(23)21-22-18-15-5-3-2-4-14(15)17(19)20-18/h2-9,20H,10-11,19H2,1H3. The molecule has 0 bridgehead atoms. The average molecular weight is 306 g/mol. The predicted molar refractivity (Wildman–Crippen MR) is 91.7 cm³/mol. The third-order valence-electron chi connectivity index (χ3n) is 3.74. The molecule has 0 saturated carbocycles. The molecular formula is C18H18N4O. The van der Waals surface area contributed by atoms with E-state index in [2.05, 4.69) is 15.2 Å². The molecule has 5 nitrogen and oxygen atoms in total. The number of amides is 1. The number of carbonyl (C=O) groups is 1. The first-order valence-electron chi connectivity index (χ1n) is 7.50. The zero-order chi connectivity index (χ0) is 16.2. The number of nitrogens with two attached hydrogens (primary N) is 1. The van der Waals surface area contributed by atoms with Crippen LogP contribution in [0.5, 0.6) is 0 Å². The van der Waals surface area contributed by atoms with Crippen LogP contribution in [0.4, 0.5) is 11.6 Å². The number of nitrogens with one attached hydrogen (secondary N) is 1. The minimum Gasteiger partial charge on any atom is -0.385 e. The highest BCUT2D eigenvalue weighted by atomic mass is 16.1. The third-order valence-corrected chi connectivity index (χ3v) is 3.74. The lowest BCUT2D eigenvalue weighted by Gasteiger charge is -1.99. The Balaban J connectivity index is 1.67. The topological polar surface area (TPSA) is 83.6 Å². The Bertz CT molecular complexity index is 862. The van der Waals surface area contributed by atoms with Crippen molar-refractivity contribution in [2.75, 3.05) is 5.73 Å². The summed E-state index contributed by atoms with van der Waals surface area (Å²) in [4.78, 5) is 14.8. The summed E-state index contributed by atoms with van der Waals surface area (Å²) < 4.78 is 0. The Hall–Kier alpha value is -2.95. The van der Waals surface area contributed by atoms with Gasteiger partial charge in [-0.25, -0.2) is 0 Å². The number of nitrogens with zero attached hydrogens (tertiary/aromatic N) is 2. The van der Waals surface area contributed by atoms with Gasteiger partial charge in [0.2, 0.25) is 0 Å². The largest absolute Gasteiger partial charge is 0.385 e.